The van der Waals surface area contributed by atoms with E-state index in [0.717, 1.165) is 25.5 Å². The van der Waals surface area contributed by atoms with Gasteiger partial charge in [-0.15, -0.1) is 0 Å². The van der Waals surface area contributed by atoms with Crippen molar-refractivity contribution in [1.82, 2.24) is 0 Å². The maximum Gasteiger partial charge on any atom is 0.171 e. The quantitative estimate of drug-likeness (QED) is 0.544. The normalized spacial score (nSPS) is 10.1. The number of para-hydroxylation sites is 1. The highest BCUT2D eigenvalue weighted by molar-refractivity contribution is 5.81. The van der Waals surface area contributed by atoms with E-state index in [0.29, 0.717) is 23.7 Å². The second-order valence-corrected chi connectivity index (χ2v) is 4.79. The van der Waals surface area contributed by atoms with Crippen LogP contribution in [0.15, 0.2) is 48.5 Å². The zero-order valence-corrected chi connectivity index (χ0v) is 12.2. The van der Waals surface area contributed by atoms with Crippen LogP contribution in [0.4, 0.5) is 0 Å². The van der Waals surface area contributed by atoms with Crippen molar-refractivity contribution in [2.45, 2.75) is 19.3 Å². The highest BCUT2D eigenvalue weighted by Gasteiger charge is 2.09. The van der Waals surface area contributed by atoms with Crippen LogP contribution in [0, 0.1) is 0 Å². The van der Waals surface area contributed by atoms with E-state index in [4.69, 9.17) is 9.47 Å². The summed E-state index contributed by atoms with van der Waals surface area (Å²) in [5, 5.41) is 0. The van der Waals surface area contributed by atoms with Crippen molar-refractivity contribution in [3.63, 3.8) is 0 Å². The Balaban J connectivity index is 1.82. The lowest BCUT2D eigenvalue weighted by Crippen LogP contribution is -2.02. The molecule has 0 saturated carbocycles. The van der Waals surface area contributed by atoms with E-state index in [1.54, 1.807) is 25.3 Å². The molecule has 3 nitrogen and oxygen atoms in total. The predicted molar refractivity (Wildman–Crippen MR) is 83.3 cm³/mol. The predicted octanol–water partition coefficient (Wildman–Crippen LogP) is 3.91. The van der Waals surface area contributed by atoms with Crippen LogP contribution in [-0.4, -0.2) is 20.0 Å². The maximum atomic E-state index is 11.0. The summed E-state index contributed by atoms with van der Waals surface area (Å²) in [6, 6.07) is 15.7. The Labute approximate surface area is 125 Å². The number of rotatable bonds is 8. The molecule has 2 aromatic carbocycles. The Morgan fingerprint density at radius 1 is 1.00 bits per heavy atom. The zero-order chi connectivity index (χ0) is 14.9. The summed E-state index contributed by atoms with van der Waals surface area (Å²) in [7, 11) is 1.58. The average Bonchev–Trinajstić information content (AvgIpc) is 2.55. The van der Waals surface area contributed by atoms with E-state index in [1.165, 1.54) is 5.56 Å². The third kappa shape index (κ3) is 4.35. The molecular formula is C18H20O3. The van der Waals surface area contributed by atoms with E-state index in [2.05, 4.69) is 24.3 Å². The second kappa shape index (κ2) is 8.10. The zero-order valence-electron chi connectivity index (χ0n) is 12.2. The third-order valence-corrected chi connectivity index (χ3v) is 3.31. The van der Waals surface area contributed by atoms with Crippen molar-refractivity contribution in [2.24, 2.45) is 0 Å². The smallest absolute Gasteiger partial charge is 0.171 e. The molecule has 0 fully saturated rings. The number of ether oxygens (including phenoxy) is 2. The molecule has 0 bridgehead atoms. The van der Waals surface area contributed by atoms with E-state index in [9.17, 15) is 4.79 Å². The molecule has 2 aromatic rings. The van der Waals surface area contributed by atoms with Gasteiger partial charge in [0.2, 0.25) is 0 Å². The summed E-state index contributed by atoms with van der Waals surface area (Å²) in [4.78, 5) is 11.0. The number of hydrogen-bond donors (Lipinski definition) is 0. The van der Waals surface area contributed by atoms with Gasteiger partial charge in [-0.1, -0.05) is 36.4 Å². The number of carbonyl (C=O) groups excluding carboxylic acids is 1. The van der Waals surface area contributed by atoms with Gasteiger partial charge in [-0.2, -0.15) is 0 Å². The van der Waals surface area contributed by atoms with Gasteiger partial charge in [0.1, 0.15) is 0 Å². The third-order valence-electron chi connectivity index (χ3n) is 3.31. The Kier molecular flexibility index (Phi) is 5.83. The SMILES string of the molecule is COc1cccc(C=O)c1OCCCCc1ccccc1. The van der Waals surface area contributed by atoms with Crippen molar-refractivity contribution < 1.29 is 14.3 Å². The lowest BCUT2D eigenvalue weighted by molar-refractivity contribution is 0.111. The summed E-state index contributed by atoms with van der Waals surface area (Å²) in [5.74, 6) is 1.14. The van der Waals surface area contributed by atoms with Gasteiger partial charge in [0.05, 0.1) is 19.3 Å². The molecule has 0 aromatic heterocycles. The summed E-state index contributed by atoms with van der Waals surface area (Å²) >= 11 is 0. The number of hydrogen-bond acceptors (Lipinski definition) is 3. The van der Waals surface area contributed by atoms with Gasteiger partial charge >= 0.3 is 0 Å². The number of benzene rings is 2. The number of aldehydes is 1. The Morgan fingerprint density at radius 2 is 1.81 bits per heavy atom. The van der Waals surface area contributed by atoms with E-state index < -0.39 is 0 Å². The standard InChI is InChI=1S/C18H20O3/c1-20-17-12-7-11-16(14-19)18(17)21-13-6-5-10-15-8-3-2-4-9-15/h2-4,7-9,11-12,14H,5-6,10,13H2,1H3. The van der Waals surface area contributed by atoms with Crippen molar-refractivity contribution in [3.8, 4) is 11.5 Å². The van der Waals surface area contributed by atoms with Gasteiger partial charge < -0.3 is 9.47 Å². The lowest BCUT2D eigenvalue weighted by Gasteiger charge is -2.12. The fraction of sp³-hybridized carbons (Fsp3) is 0.278. The molecule has 0 amide bonds. The largest absolute Gasteiger partial charge is 0.493 e. The molecule has 0 N–H and O–H groups in total. The summed E-state index contributed by atoms with van der Waals surface area (Å²) < 4.78 is 11.0. The minimum atomic E-state index is 0.525. The van der Waals surface area contributed by atoms with Gasteiger partial charge in [-0.3, -0.25) is 4.79 Å². The molecule has 110 valence electrons. The van der Waals surface area contributed by atoms with Crippen LogP contribution < -0.4 is 9.47 Å². The van der Waals surface area contributed by atoms with E-state index in [1.807, 2.05) is 6.07 Å². The first kappa shape index (κ1) is 15.1. The number of carbonyl (C=O) groups is 1. The molecule has 0 aliphatic heterocycles. The molecule has 0 unspecified atom stereocenters. The van der Waals surface area contributed by atoms with Gasteiger partial charge in [0, 0.05) is 0 Å². The van der Waals surface area contributed by atoms with Crippen LogP contribution in [0.3, 0.4) is 0 Å². The molecule has 0 aliphatic rings. The van der Waals surface area contributed by atoms with Crippen molar-refractivity contribution >= 4 is 6.29 Å². The van der Waals surface area contributed by atoms with Crippen LogP contribution >= 0.6 is 0 Å². The van der Waals surface area contributed by atoms with Crippen LogP contribution in [0.25, 0.3) is 0 Å². The summed E-state index contributed by atoms with van der Waals surface area (Å²) in [5.41, 5.74) is 1.86. The van der Waals surface area contributed by atoms with E-state index >= 15 is 0 Å². The highest BCUT2D eigenvalue weighted by Crippen LogP contribution is 2.30. The van der Waals surface area contributed by atoms with Gasteiger partial charge in [-0.05, 0) is 37.0 Å². The van der Waals surface area contributed by atoms with Crippen LogP contribution in [0.1, 0.15) is 28.8 Å². The molecule has 0 radical (unpaired) electrons. The molecule has 0 atom stereocenters. The van der Waals surface area contributed by atoms with Crippen molar-refractivity contribution in [3.05, 3.63) is 59.7 Å². The minimum absolute atomic E-state index is 0.525. The maximum absolute atomic E-state index is 11.0. The molecule has 0 heterocycles. The molecule has 0 saturated heterocycles. The molecule has 21 heavy (non-hydrogen) atoms. The summed E-state index contributed by atoms with van der Waals surface area (Å²) in [6.07, 6.45) is 3.82. The first-order valence-corrected chi connectivity index (χ1v) is 7.14. The Bertz CT molecular complexity index is 564. The lowest BCUT2D eigenvalue weighted by atomic mass is 10.1. The van der Waals surface area contributed by atoms with E-state index in [-0.39, 0.29) is 0 Å². The molecule has 0 spiro atoms. The van der Waals surface area contributed by atoms with Crippen LogP contribution in [0.2, 0.25) is 0 Å². The molecular weight excluding hydrogens is 264 g/mol. The van der Waals surface area contributed by atoms with Gasteiger partial charge in [-0.25, -0.2) is 0 Å². The Hall–Kier alpha value is -2.29. The molecule has 3 heteroatoms. The molecule has 2 rings (SSSR count). The average molecular weight is 284 g/mol. The van der Waals surface area contributed by atoms with Gasteiger partial charge in [0.25, 0.3) is 0 Å². The van der Waals surface area contributed by atoms with Crippen LogP contribution in [-0.2, 0) is 6.42 Å². The number of methoxy groups -OCH3 is 1. The fourth-order valence-corrected chi connectivity index (χ4v) is 2.19. The minimum Gasteiger partial charge on any atom is -0.493 e. The molecule has 0 aliphatic carbocycles. The monoisotopic (exact) mass is 284 g/mol. The van der Waals surface area contributed by atoms with Crippen molar-refractivity contribution in [1.29, 1.82) is 0 Å². The topological polar surface area (TPSA) is 35.5 Å². The summed E-state index contributed by atoms with van der Waals surface area (Å²) in [6.45, 7) is 0.577. The number of unbranched alkanes of at least 4 members (excludes halogenated alkanes) is 1. The van der Waals surface area contributed by atoms with Crippen molar-refractivity contribution in [2.75, 3.05) is 13.7 Å². The number of aryl methyl sites for hydroxylation is 1. The van der Waals surface area contributed by atoms with Gasteiger partial charge in [0.15, 0.2) is 17.8 Å². The van der Waals surface area contributed by atoms with Crippen LogP contribution in [0.5, 0.6) is 11.5 Å². The highest BCUT2D eigenvalue weighted by atomic mass is 16.5. The first-order valence-electron chi connectivity index (χ1n) is 7.14. The Morgan fingerprint density at radius 3 is 2.52 bits per heavy atom. The first-order chi connectivity index (χ1) is 10.3. The second-order valence-electron chi connectivity index (χ2n) is 4.79. The fourth-order valence-electron chi connectivity index (χ4n) is 2.19.